The van der Waals surface area contributed by atoms with Crippen LogP contribution in [-0.2, 0) is 9.59 Å². The number of alkyl halides is 3. The minimum atomic E-state index is -2.20. The third kappa shape index (κ3) is 6.45. The molecule has 2 N–H and O–H groups in total. The zero-order valence-electron chi connectivity index (χ0n) is 10.6. The van der Waals surface area contributed by atoms with E-state index < -0.39 is 33.5 Å². The van der Waals surface area contributed by atoms with Gasteiger partial charge in [0.05, 0.1) is 12.0 Å². The number of halogens is 4. The van der Waals surface area contributed by atoms with Crippen LogP contribution in [0.4, 0.5) is 4.39 Å². The second-order valence-electron chi connectivity index (χ2n) is 4.37. The third-order valence-corrected chi connectivity index (χ3v) is 2.82. The SMILES string of the molecule is CC(C)[C@H](NC(=O)C(Cl)(Cl)Cl)/C(F)=C/[C@@H](C)C(=O)O. The van der Waals surface area contributed by atoms with Crippen LogP contribution in [0, 0.1) is 11.8 Å². The number of hydrogen-bond acceptors (Lipinski definition) is 2. The van der Waals surface area contributed by atoms with Gasteiger partial charge in [0.15, 0.2) is 0 Å². The Bertz CT molecular complexity index is 380. The van der Waals surface area contributed by atoms with Crippen molar-refractivity contribution < 1.29 is 19.1 Å². The first-order chi connectivity index (χ1) is 8.46. The maximum atomic E-state index is 13.9. The normalized spacial score (nSPS) is 16.1. The summed E-state index contributed by atoms with van der Waals surface area (Å²) in [5.74, 6) is -4.29. The van der Waals surface area contributed by atoms with Gasteiger partial charge in [0, 0.05) is 0 Å². The zero-order valence-corrected chi connectivity index (χ0v) is 12.9. The topological polar surface area (TPSA) is 66.4 Å². The molecule has 0 aliphatic rings. The highest BCUT2D eigenvalue weighted by atomic mass is 35.6. The first-order valence-electron chi connectivity index (χ1n) is 5.44. The molecule has 0 heterocycles. The Morgan fingerprint density at radius 2 is 1.74 bits per heavy atom. The van der Waals surface area contributed by atoms with Crippen LogP contribution in [0.1, 0.15) is 20.8 Å². The molecule has 0 unspecified atom stereocenters. The number of rotatable bonds is 5. The molecular formula is C11H15Cl3FNO3. The monoisotopic (exact) mass is 333 g/mol. The van der Waals surface area contributed by atoms with E-state index >= 15 is 0 Å². The fraction of sp³-hybridized carbons (Fsp3) is 0.636. The lowest BCUT2D eigenvalue weighted by atomic mass is 10.0. The highest BCUT2D eigenvalue weighted by Crippen LogP contribution is 2.27. The van der Waals surface area contributed by atoms with Gasteiger partial charge in [-0.2, -0.15) is 0 Å². The molecule has 0 saturated carbocycles. The van der Waals surface area contributed by atoms with E-state index in [2.05, 4.69) is 5.32 Å². The number of carboxylic acid groups (broad SMARTS) is 1. The number of carbonyl (C=O) groups is 2. The number of amides is 1. The van der Waals surface area contributed by atoms with Gasteiger partial charge in [-0.15, -0.1) is 0 Å². The molecule has 0 aromatic carbocycles. The highest BCUT2D eigenvalue weighted by molar-refractivity contribution is 6.76. The van der Waals surface area contributed by atoms with Gasteiger partial charge >= 0.3 is 5.97 Å². The molecule has 0 aliphatic heterocycles. The first-order valence-corrected chi connectivity index (χ1v) is 6.58. The fourth-order valence-electron chi connectivity index (χ4n) is 1.19. The summed E-state index contributed by atoms with van der Waals surface area (Å²) in [6.07, 6.45) is 0.908. The molecule has 0 fully saturated rings. The molecule has 0 aromatic rings. The second kappa shape index (κ2) is 7.31. The fourth-order valence-corrected chi connectivity index (χ4v) is 1.35. The maximum Gasteiger partial charge on any atom is 0.310 e. The van der Waals surface area contributed by atoms with E-state index in [9.17, 15) is 14.0 Å². The lowest BCUT2D eigenvalue weighted by molar-refractivity contribution is -0.139. The van der Waals surface area contributed by atoms with E-state index in [1.54, 1.807) is 13.8 Å². The smallest absolute Gasteiger partial charge is 0.310 e. The van der Waals surface area contributed by atoms with Crippen LogP contribution in [0.5, 0.6) is 0 Å². The summed E-state index contributed by atoms with van der Waals surface area (Å²) in [4.78, 5) is 22.1. The van der Waals surface area contributed by atoms with Crippen LogP contribution < -0.4 is 5.32 Å². The van der Waals surface area contributed by atoms with Gasteiger partial charge < -0.3 is 10.4 Å². The molecule has 19 heavy (non-hydrogen) atoms. The average Bonchev–Trinajstić information content (AvgIpc) is 2.22. The van der Waals surface area contributed by atoms with E-state index in [-0.39, 0.29) is 5.92 Å². The second-order valence-corrected chi connectivity index (χ2v) is 6.65. The van der Waals surface area contributed by atoms with E-state index in [1.165, 1.54) is 6.92 Å². The van der Waals surface area contributed by atoms with Crippen LogP contribution >= 0.6 is 34.8 Å². The van der Waals surface area contributed by atoms with Crippen molar-refractivity contribution in [2.24, 2.45) is 11.8 Å². The molecule has 0 aliphatic carbocycles. The summed E-state index contributed by atoms with van der Waals surface area (Å²) in [6, 6.07) is -1.05. The number of hydrogen-bond donors (Lipinski definition) is 2. The molecule has 4 nitrogen and oxygen atoms in total. The summed E-state index contributed by atoms with van der Waals surface area (Å²) >= 11 is 16.1. The van der Waals surface area contributed by atoms with Gasteiger partial charge in [0.2, 0.25) is 0 Å². The van der Waals surface area contributed by atoms with Crippen LogP contribution in [0.2, 0.25) is 0 Å². The van der Waals surface area contributed by atoms with Crippen molar-refractivity contribution in [3.05, 3.63) is 11.9 Å². The lowest BCUT2D eigenvalue weighted by Crippen LogP contribution is -2.44. The standard InChI is InChI=1S/C11H15Cl3FNO3/c1-5(2)8(16-10(19)11(12,13)14)7(15)4-6(3)9(17)18/h4-6,8H,1-3H3,(H,16,19)(H,17,18)/b7-4-/t6-,8+/m1/s1. The van der Waals surface area contributed by atoms with Crippen molar-refractivity contribution in [2.75, 3.05) is 0 Å². The predicted molar refractivity (Wildman–Crippen MR) is 73.0 cm³/mol. The highest BCUT2D eigenvalue weighted by Gasteiger charge is 2.34. The van der Waals surface area contributed by atoms with Gasteiger partial charge in [-0.05, 0) is 18.9 Å². The summed E-state index contributed by atoms with van der Waals surface area (Å²) < 4.78 is 11.7. The van der Waals surface area contributed by atoms with Crippen molar-refractivity contribution in [2.45, 2.75) is 30.6 Å². The zero-order chi connectivity index (χ0) is 15.4. The quantitative estimate of drug-likeness (QED) is 0.759. The summed E-state index contributed by atoms with van der Waals surface area (Å²) in [6.45, 7) is 4.60. The molecule has 2 atom stereocenters. The number of carboxylic acids is 1. The Kier molecular flexibility index (Phi) is 7.11. The largest absolute Gasteiger partial charge is 0.481 e. The van der Waals surface area contributed by atoms with E-state index in [1.807, 2.05) is 0 Å². The molecule has 0 bridgehead atoms. The Morgan fingerprint density at radius 1 is 1.26 bits per heavy atom. The van der Waals surface area contributed by atoms with Gasteiger partial charge in [-0.25, -0.2) is 4.39 Å². The molecule has 0 rings (SSSR count). The van der Waals surface area contributed by atoms with E-state index in [0.717, 1.165) is 6.08 Å². The van der Waals surface area contributed by atoms with Crippen molar-refractivity contribution in [1.82, 2.24) is 5.32 Å². The van der Waals surface area contributed by atoms with Gasteiger partial charge in [0.1, 0.15) is 5.83 Å². The molecule has 0 aromatic heterocycles. The van der Waals surface area contributed by atoms with Crippen LogP contribution in [0.3, 0.4) is 0 Å². The van der Waals surface area contributed by atoms with Crippen LogP contribution in [0.15, 0.2) is 11.9 Å². The Labute approximate surface area is 125 Å². The molecule has 0 saturated heterocycles. The summed E-state index contributed by atoms with van der Waals surface area (Å²) in [7, 11) is 0. The molecule has 1 amide bonds. The van der Waals surface area contributed by atoms with Gasteiger partial charge in [0.25, 0.3) is 9.70 Å². The number of aliphatic carboxylic acids is 1. The summed E-state index contributed by atoms with van der Waals surface area (Å²) in [5, 5.41) is 10.9. The van der Waals surface area contributed by atoms with E-state index in [0.29, 0.717) is 0 Å². The van der Waals surface area contributed by atoms with Crippen molar-refractivity contribution in [3.8, 4) is 0 Å². The average molecular weight is 335 g/mol. The molecule has 8 heteroatoms. The van der Waals surface area contributed by atoms with Gasteiger partial charge in [-0.3, -0.25) is 9.59 Å². The van der Waals surface area contributed by atoms with Crippen molar-refractivity contribution >= 4 is 46.7 Å². The van der Waals surface area contributed by atoms with Gasteiger partial charge in [-0.1, -0.05) is 48.7 Å². The van der Waals surface area contributed by atoms with Crippen molar-refractivity contribution in [1.29, 1.82) is 0 Å². The van der Waals surface area contributed by atoms with Crippen molar-refractivity contribution in [3.63, 3.8) is 0 Å². The minimum absolute atomic E-state index is 0.339. The minimum Gasteiger partial charge on any atom is -0.481 e. The molecular weight excluding hydrogens is 319 g/mol. The Morgan fingerprint density at radius 3 is 2.05 bits per heavy atom. The predicted octanol–water partition coefficient (Wildman–Crippen LogP) is 3.07. The third-order valence-electron chi connectivity index (χ3n) is 2.31. The maximum absolute atomic E-state index is 13.9. The number of carbonyl (C=O) groups excluding carboxylic acids is 1. The Hall–Kier alpha value is -0.520. The van der Waals surface area contributed by atoms with Crippen LogP contribution in [-0.4, -0.2) is 26.8 Å². The molecule has 0 spiro atoms. The summed E-state index contributed by atoms with van der Waals surface area (Å²) in [5.41, 5.74) is 0. The lowest BCUT2D eigenvalue weighted by Gasteiger charge is -2.23. The van der Waals surface area contributed by atoms with E-state index in [4.69, 9.17) is 39.9 Å². The Balaban J connectivity index is 5.03. The van der Waals surface area contributed by atoms with Crippen LogP contribution in [0.25, 0.3) is 0 Å². The molecule has 110 valence electrons. The first kappa shape index (κ1) is 18.5. The molecule has 0 radical (unpaired) electrons. The number of nitrogens with one attached hydrogen (secondary N) is 1.